The second-order valence-electron chi connectivity index (χ2n) is 7.89. The van der Waals surface area contributed by atoms with Gasteiger partial charge in [0.15, 0.2) is 5.96 Å². The number of rotatable bonds is 8. The normalized spacial score (nSPS) is 15.7. The third-order valence-electron chi connectivity index (χ3n) is 5.56. The summed E-state index contributed by atoms with van der Waals surface area (Å²) in [4.78, 5) is 21.4. The van der Waals surface area contributed by atoms with Crippen molar-refractivity contribution in [2.24, 2.45) is 4.99 Å². The van der Waals surface area contributed by atoms with Crippen LogP contribution in [0, 0.1) is 0 Å². The van der Waals surface area contributed by atoms with E-state index in [1.807, 2.05) is 43.6 Å². The Morgan fingerprint density at radius 2 is 1.97 bits per heavy atom. The van der Waals surface area contributed by atoms with Gasteiger partial charge in [-0.2, -0.15) is 0 Å². The fourth-order valence-electron chi connectivity index (χ4n) is 3.99. The molecule has 32 heavy (non-hydrogen) atoms. The van der Waals surface area contributed by atoms with Crippen LogP contribution in [0.2, 0.25) is 0 Å². The molecule has 7 nitrogen and oxygen atoms in total. The number of nitrogens with one attached hydrogen (secondary N) is 3. The number of aromatic nitrogens is 2. The average molecular weight is 431 g/mol. The van der Waals surface area contributed by atoms with E-state index >= 15 is 0 Å². The highest BCUT2D eigenvalue weighted by atomic mass is 16.1. The molecule has 0 saturated heterocycles. The van der Waals surface area contributed by atoms with Crippen LogP contribution in [-0.4, -0.2) is 41.1 Å². The van der Waals surface area contributed by atoms with Crippen molar-refractivity contribution in [1.82, 2.24) is 20.2 Å². The lowest BCUT2D eigenvalue weighted by molar-refractivity contribution is -0.116. The maximum Gasteiger partial charge on any atom is 0.225 e. The molecule has 2 aromatic carbocycles. The molecule has 4 rings (SSSR count). The van der Waals surface area contributed by atoms with E-state index < -0.39 is 0 Å². The summed E-state index contributed by atoms with van der Waals surface area (Å²) in [5.74, 6) is 1.93. The molecule has 7 heteroatoms. The molecule has 0 radical (unpaired) electrons. The molecule has 166 valence electrons. The molecule has 0 saturated carbocycles. The summed E-state index contributed by atoms with van der Waals surface area (Å²) in [5.41, 5.74) is 3.30. The summed E-state index contributed by atoms with van der Waals surface area (Å²) in [6.07, 6.45) is 5.12. The lowest BCUT2D eigenvalue weighted by atomic mass is 9.91. The number of carbonyl (C=O) groups excluding carboxylic acids is 1. The fourth-order valence-corrected chi connectivity index (χ4v) is 3.99. The lowest BCUT2D eigenvalue weighted by Crippen LogP contribution is -2.39. The molecule has 0 bridgehead atoms. The number of aliphatic imine (C=N–C) groups is 1. The van der Waals surface area contributed by atoms with Crippen LogP contribution >= 0.6 is 0 Å². The maximum absolute atomic E-state index is 12.1. The Labute approximate surface area is 189 Å². The standard InChI is InChI=1S/C25H30N6O/c1-2-26-25(29-17-20-16-24(32)30-22-11-7-6-10-21(20)22)28-13-12-23-27-14-15-31(23)18-19-8-4-3-5-9-19/h3-11,14-15,20H,2,12-13,16-18H2,1H3,(H,30,32)(H2,26,28,29). The van der Waals surface area contributed by atoms with Gasteiger partial charge in [0.2, 0.25) is 5.91 Å². The Bertz CT molecular complexity index is 1060. The number of nitrogens with zero attached hydrogens (tertiary/aromatic N) is 3. The lowest BCUT2D eigenvalue weighted by Gasteiger charge is -2.24. The van der Waals surface area contributed by atoms with Crippen LogP contribution in [0.1, 0.15) is 36.2 Å². The molecule has 0 aliphatic carbocycles. The van der Waals surface area contributed by atoms with Gasteiger partial charge in [-0.05, 0) is 24.1 Å². The Morgan fingerprint density at radius 1 is 1.16 bits per heavy atom. The third kappa shape index (κ3) is 5.55. The molecule has 0 fully saturated rings. The van der Waals surface area contributed by atoms with Crippen molar-refractivity contribution < 1.29 is 4.79 Å². The molecular formula is C25H30N6O. The first kappa shape index (κ1) is 21.6. The molecule has 0 spiro atoms. The van der Waals surface area contributed by atoms with E-state index in [0.717, 1.165) is 49.1 Å². The Balaban J connectivity index is 1.35. The number of hydrogen-bond donors (Lipinski definition) is 3. The average Bonchev–Trinajstić information content (AvgIpc) is 3.24. The van der Waals surface area contributed by atoms with Gasteiger partial charge in [-0.1, -0.05) is 48.5 Å². The number of carbonyl (C=O) groups is 1. The summed E-state index contributed by atoms with van der Waals surface area (Å²) in [7, 11) is 0. The van der Waals surface area contributed by atoms with Gasteiger partial charge in [-0.15, -0.1) is 0 Å². The molecule has 1 aliphatic rings. The van der Waals surface area contributed by atoms with Crippen LogP contribution in [0.5, 0.6) is 0 Å². The van der Waals surface area contributed by atoms with Gasteiger partial charge in [0.1, 0.15) is 5.82 Å². The molecule has 3 aromatic rings. The number of fused-ring (bicyclic) bond motifs is 1. The van der Waals surface area contributed by atoms with E-state index in [1.165, 1.54) is 5.56 Å². The molecule has 1 aliphatic heterocycles. The van der Waals surface area contributed by atoms with E-state index in [2.05, 4.69) is 55.8 Å². The number of hydrogen-bond acceptors (Lipinski definition) is 3. The van der Waals surface area contributed by atoms with Crippen molar-refractivity contribution in [2.45, 2.75) is 32.2 Å². The highest BCUT2D eigenvalue weighted by Crippen LogP contribution is 2.31. The van der Waals surface area contributed by atoms with Gasteiger partial charge in [0, 0.05) is 56.5 Å². The van der Waals surface area contributed by atoms with Crippen molar-refractivity contribution in [1.29, 1.82) is 0 Å². The predicted molar refractivity (Wildman–Crippen MR) is 128 cm³/mol. The minimum absolute atomic E-state index is 0.0483. The predicted octanol–water partition coefficient (Wildman–Crippen LogP) is 3.16. The van der Waals surface area contributed by atoms with Crippen LogP contribution in [0.3, 0.4) is 0 Å². The first-order valence-electron chi connectivity index (χ1n) is 11.2. The second kappa shape index (κ2) is 10.6. The van der Waals surface area contributed by atoms with Crippen LogP contribution in [0.25, 0.3) is 0 Å². The minimum atomic E-state index is 0.0483. The maximum atomic E-state index is 12.1. The topological polar surface area (TPSA) is 83.3 Å². The zero-order valence-electron chi connectivity index (χ0n) is 18.4. The smallest absolute Gasteiger partial charge is 0.225 e. The Morgan fingerprint density at radius 3 is 2.81 bits per heavy atom. The number of guanidine groups is 1. The zero-order chi connectivity index (χ0) is 22.2. The zero-order valence-corrected chi connectivity index (χ0v) is 18.4. The fraction of sp³-hybridized carbons (Fsp3) is 0.320. The first-order chi connectivity index (χ1) is 15.7. The summed E-state index contributed by atoms with van der Waals surface area (Å²) < 4.78 is 2.18. The van der Waals surface area contributed by atoms with Gasteiger partial charge in [-0.3, -0.25) is 9.79 Å². The van der Waals surface area contributed by atoms with Crippen LogP contribution in [0.4, 0.5) is 5.69 Å². The largest absolute Gasteiger partial charge is 0.357 e. The molecule has 1 unspecified atom stereocenters. The summed E-state index contributed by atoms with van der Waals surface area (Å²) in [5, 5.41) is 9.66. The van der Waals surface area contributed by atoms with Gasteiger partial charge in [0.25, 0.3) is 0 Å². The molecule has 3 N–H and O–H groups in total. The van der Waals surface area contributed by atoms with Crippen LogP contribution in [0.15, 0.2) is 72.0 Å². The summed E-state index contributed by atoms with van der Waals surface area (Å²) >= 11 is 0. The van der Waals surface area contributed by atoms with E-state index in [-0.39, 0.29) is 11.8 Å². The van der Waals surface area contributed by atoms with Gasteiger partial charge >= 0.3 is 0 Å². The van der Waals surface area contributed by atoms with E-state index in [0.29, 0.717) is 13.0 Å². The van der Waals surface area contributed by atoms with E-state index in [1.54, 1.807) is 0 Å². The monoisotopic (exact) mass is 430 g/mol. The van der Waals surface area contributed by atoms with E-state index in [9.17, 15) is 4.79 Å². The summed E-state index contributed by atoms with van der Waals surface area (Å²) in [6.45, 7) is 4.92. The highest BCUT2D eigenvalue weighted by molar-refractivity contribution is 5.94. The van der Waals surface area contributed by atoms with Crippen molar-refractivity contribution in [3.63, 3.8) is 0 Å². The molecule has 1 amide bonds. The SMILES string of the molecule is CCNC(=NCC1CC(=O)Nc2ccccc21)NCCc1nccn1Cc1ccccc1. The summed E-state index contributed by atoms with van der Waals surface area (Å²) in [6, 6.07) is 18.4. The quantitative estimate of drug-likeness (QED) is 0.379. The number of imidazole rings is 1. The minimum Gasteiger partial charge on any atom is -0.357 e. The van der Waals surface area contributed by atoms with Crippen molar-refractivity contribution in [2.75, 3.05) is 25.0 Å². The van der Waals surface area contributed by atoms with Crippen LogP contribution in [-0.2, 0) is 17.8 Å². The van der Waals surface area contributed by atoms with Crippen molar-refractivity contribution in [3.8, 4) is 0 Å². The highest BCUT2D eigenvalue weighted by Gasteiger charge is 2.24. The van der Waals surface area contributed by atoms with E-state index in [4.69, 9.17) is 4.99 Å². The number of para-hydroxylation sites is 1. The van der Waals surface area contributed by atoms with Gasteiger partial charge < -0.3 is 20.5 Å². The Kier molecular flexibility index (Phi) is 7.17. The van der Waals surface area contributed by atoms with Crippen molar-refractivity contribution in [3.05, 3.63) is 83.9 Å². The van der Waals surface area contributed by atoms with Gasteiger partial charge in [0.05, 0.1) is 6.54 Å². The molecule has 1 atom stereocenters. The van der Waals surface area contributed by atoms with Crippen LogP contribution < -0.4 is 16.0 Å². The van der Waals surface area contributed by atoms with Crippen molar-refractivity contribution >= 4 is 17.6 Å². The van der Waals surface area contributed by atoms with Gasteiger partial charge in [-0.25, -0.2) is 4.98 Å². The second-order valence-corrected chi connectivity index (χ2v) is 7.89. The number of benzene rings is 2. The first-order valence-corrected chi connectivity index (χ1v) is 11.2. The molecule has 2 heterocycles. The Hall–Kier alpha value is -3.61. The molecule has 1 aromatic heterocycles. The number of amides is 1. The molecular weight excluding hydrogens is 400 g/mol. The third-order valence-corrected chi connectivity index (χ3v) is 5.56. The number of anilines is 1.